The molecule has 0 radical (unpaired) electrons. The number of benzene rings is 2. The largest absolute Gasteiger partial charge is 0.497 e. The minimum Gasteiger partial charge on any atom is -0.497 e. The number of rotatable bonds is 3. The van der Waals surface area contributed by atoms with E-state index in [2.05, 4.69) is 55.2 Å². The predicted molar refractivity (Wildman–Crippen MR) is 100 cm³/mol. The van der Waals surface area contributed by atoms with Gasteiger partial charge in [0.1, 0.15) is 5.75 Å². The number of allylic oxidation sites excluding steroid dienone is 1. The molecule has 0 saturated carbocycles. The van der Waals surface area contributed by atoms with Crippen molar-refractivity contribution in [2.24, 2.45) is 4.99 Å². The molecule has 0 spiro atoms. The summed E-state index contributed by atoms with van der Waals surface area (Å²) in [7, 11) is 1.69. The van der Waals surface area contributed by atoms with E-state index >= 15 is 0 Å². The molecule has 0 unspecified atom stereocenters. The Kier molecular flexibility index (Phi) is 3.31. The number of H-pyrrole nitrogens is 1. The highest BCUT2D eigenvalue weighted by atomic mass is 16.5. The van der Waals surface area contributed by atoms with Crippen molar-refractivity contribution in [1.82, 2.24) is 4.98 Å². The third-order valence-electron chi connectivity index (χ3n) is 4.80. The van der Waals surface area contributed by atoms with Crippen LogP contribution in [0.15, 0.2) is 59.7 Å². The summed E-state index contributed by atoms with van der Waals surface area (Å²) in [4.78, 5) is 8.12. The molecule has 120 valence electrons. The van der Waals surface area contributed by atoms with Gasteiger partial charge < -0.3 is 9.72 Å². The highest BCUT2D eigenvalue weighted by Gasteiger charge is 2.32. The number of nitrogens with one attached hydrogen (secondary N) is 1. The molecular weight excluding hydrogens is 296 g/mol. The van der Waals surface area contributed by atoms with Crippen molar-refractivity contribution in [1.29, 1.82) is 0 Å². The molecule has 0 bridgehead atoms. The van der Waals surface area contributed by atoms with E-state index in [1.807, 2.05) is 24.4 Å². The van der Waals surface area contributed by atoms with Crippen LogP contribution in [0.3, 0.4) is 0 Å². The van der Waals surface area contributed by atoms with Gasteiger partial charge in [-0.3, -0.25) is 4.99 Å². The van der Waals surface area contributed by atoms with Crippen LogP contribution >= 0.6 is 0 Å². The van der Waals surface area contributed by atoms with Crippen LogP contribution < -0.4 is 4.74 Å². The first kappa shape index (κ1) is 14.8. The zero-order valence-corrected chi connectivity index (χ0v) is 14.1. The zero-order chi connectivity index (χ0) is 16.7. The van der Waals surface area contributed by atoms with Crippen molar-refractivity contribution >= 4 is 28.4 Å². The molecule has 3 aromatic rings. The number of aromatic nitrogens is 1. The van der Waals surface area contributed by atoms with E-state index < -0.39 is 0 Å². The summed E-state index contributed by atoms with van der Waals surface area (Å²) in [5.41, 5.74) is 5.61. The number of aromatic amines is 1. The monoisotopic (exact) mass is 316 g/mol. The Morgan fingerprint density at radius 3 is 2.71 bits per heavy atom. The van der Waals surface area contributed by atoms with Gasteiger partial charge in [-0.2, -0.15) is 0 Å². The predicted octanol–water partition coefficient (Wildman–Crippen LogP) is 5.25. The molecule has 2 aromatic carbocycles. The quantitative estimate of drug-likeness (QED) is 0.703. The zero-order valence-electron chi connectivity index (χ0n) is 14.1. The fourth-order valence-corrected chi connectivity index (χ4v) is 3.31. The van der Waals surface area contributed by atoms with Crippen LogP contribution in [-0.2, 0) is 5.41 Å². The smallest absolute Gasteiger partial charge is 0.119 e. The first-order valence-electron chi connectivity index (χ1n) is 8.11. The van der Waals surface area contributed by atoms with Crippen molar-refractivity contribution < 1.29 is 4.74 Å². The molecule has 2 heterocycles. The maximum absolute atomic E-state index is 5.34. The van der Waals surface area contributed by atoms with Gasteiger partial charge in [-0.15, -0.1) is 0 Å². The summed E-state index contributed by atoms with van der Waals surface area (Å²) in [6.45, 7) is 4.44. The third kappa shape index (κ3) is 2.24. The molecule has 0 fully saturated rings. The molecule has 0 amide bonds. The van der Waals surface area contributed by atoms with E-state index in [-0.39, 0.29) is 5.41 Å². The van der Waals surface area contributed by atoms with Gasteiger partial charge in [0.2, 0.25) is 0 Å². The first-order valence-corrected chi connectivity index (χ1v) is 8.11. The summed E-state index contributed by atoms with van der Waals surface area (Å²) < 4.78 is 5.34. The lowest BCUT2D eigenvalue weighted by atomic mass is 9.81. The number of nitrogens with zero attached hydrogens (tertiary/aromatic N) is 1. The number of fused-ring (bicyclic) bond motifs is 2. The number of para-hydroxylation sites is 1. The van der Waals surface area contributed by atoms with Gasteiger partial charge >= 0.3 is 0 Å². The lowest BCUT2D eigenvalue weighted by molar-refractivity contribution is 0.415. The van der Waals surface area contributed by atoms with Gasteiger partial charge in [0.25, 0.3) is 0 Å². The van der Waals surface area contributed by atoms with Crippen LogP contribution in [0.4, 0.5) is 5.69 Å². The number of hydrogen-bond acceptors (Lipinski definition) is 2. The molecule has 0 atom stereocenters. The van der Waals surface area contributed by atoms with Crippen LogP contribution in [0, 0.1) is 0 Å². The Morgan fingerprint density at radius 1 is 1.08 bits per heavy atom. The van der Waals surface area contributed by atoms with Gasteiger partial charge in [-0.25, -0.2) is 0 Å². The first-order chi connectivity index (χ1) is 11.6. The Labute approximate surface area is 141 Å². The second kappa shape index (κ2) is 5.38. The number of ether oxygens (including phenoxy) is 1. The van der Waals surface area contributed by atoms with Crippen molar-refractivity contribution in [3.63, 3.8) is 0 Å². The van der Waals surface area contributed by atoms with Crippen LogP contribution in [0.25, 0.3) is 17.0 Å². The standard InChI is InChI=1S/C21H20N2O/c1-21(2)17-6-4-5-7-19(17)23-20(21)11-8-14-13-22-18-10-9-15(24-3)12-16(14)18/h4-13,22H,1-3H3/b11-8+. The van der Waals surface area contributed by atoms with Crippen LogP contribution in [-0.4, -0.2) is 17.8 Å². The molecule has 0 aliphatic carbocycles. The number of hydrogen-bond donors (Lipinski definition) is 1. The summed E-state index contributed by atoms with van der Waals surface area (Å²) in [6.07, 6.45) is 6.28. The van der Waals surface area contributed by atoms with E-state index in [0.717, 1.165) is 33.6 Å². The van der Waals surface area contributed by atoms with Gasteiger partial charge in [-0.1, -0.05) is 38.1 Å². The highest BCUT2D eigenvalue weighted by molar-refractivity contribution is 6.11. The van der Waals surface area contributed by atoms with E-state index in [1.165, 1.54) is 5.56 Å². The number of methoxy groups -OCH3 is 1. The third-order valence-corrected chi connectivity index (χ3v) is 4.80. The summed E-state index contributed by atoms with van der Waals surface area (Å²) >= 11 is 0. The maximum atomic E-state index is 5.34. The SMILES string of the molecule is COc1ccc2[nH]cc(/C=C/C3=Nc4ccccc4C3(C)C)c2c1. The highest BCUT2D eigenvalue weighted by Crippen LogP contribution is 2.40. The summed E-state index contributed by atoms with van der Waals surface area (Å²) in [5.74, 6) is 0.864. The fraction of sp³-hybridized carbons (Fsp3) is 0.190. The minimum absolute atomic E-state index is 0.0725. The average molecular weight is 316 g/mol. The molecule has 24 heavy (non-hydrogen) atoms. The molecule has 1 aromatic heterocycles. The lowest BCUT2D eigenvalue weighted by Crippen LogP contribution is -2.23. The van der Waals surface area contributed by atoms with Gasteiger partial charge in [0.05, 0.1) is 18.5 Å². The number of aliphatic imine (C=N–C) groups is 1. The van der Waals surface area contributed by atoms with Crippen molar-refractivity contribution in [2.45, 2.75) is 19.3 Å². The lowest BCUT2D eigenvalue weighted by Gasteiger charge is -2.20. The molecule has 1 aliphatic heterocycles. The molecule has 3 heteroatoms. The molecule has 0 saturated heterocycles. The Balaban J connectivity index is 1.72. The molecule has 3 nitrogen and oxygen atoms in total. The van der Waals surface area contributed by atoms with Crippen molar-refractivity contribution in [2.75, 3.05) is 7.11 Å². The van der Waals surface area contributed by atoms with Gasteiger partial charge in [0, 0.05) is 22.5 Å². The fourth-order valence-electron chi connectivity index (χ4n) is 3.31. The Bertz CT molecular complexity index is 976. The molecular formula is C21H20N2O. The van der Waals surface area contributed by atoms with Crippen LogP contribution in [0.1, 0.15) is 25.0 Å². The summed E-state index contributed by atoms with van der Waals surface area (Å²) in [6, 6.07) is 14.4. The maximum Gasteiger partial charge on any atom is 0.119 e. The second-order valence-corrected chi connectivity index (χ2v) is 6.63. The summed E-state index contributed by atoms with van der Waals surface area (Å²) in [5, 5.41) is 1.15. The molecule has 4 rings (SSSR count). The average Bonchev–Trinajstić information content (AvgIpc) is 3.11. The van der Waals surface area contributed by atoms with E-state index in [1.54, 1.807) is 7.11 Å². The van der Waals surface area contributed by atoms with Gasteiger partial charge in [-0.05, 0) is 41.5 Å². The van der Waals surface area contributed by atoms with Crippen molar-refractivity contribution in [3.05, 3.63) is 65.9 Å². The van der Waals surface area contributed by atoms with Gasteiger partial charge in [0.15, 0.2) is 0 Å². The van der Waals surface area contributed by atoms with Crippen LogP contribution in [0.5, 0.6) is 5.75 Å². The minimum atomic E-state index is -0.0725. The van der Waals surface area contributed by atoms with E-state index in [9.17, 15) is 0 Å². The molecule has 1 aliphatic rings. The van der Waals surface area contributed by atoms with Crippen molar-refractivity contribution in [3.8, 4) is 5.75 Å². The Morgan fingerprint density at radius 2 is 1.92 bits per heavy atom. The van der Waals surface area contributed by atoms with Crippen LogP contribution in [0.2, 0.25) is 0 Å². The normalized spacial score (nSPS) is 15.7. The Hall–Kier alpha value is -2.81. The molecule has 1 N–H and O–H groups in total. The second-order valence-electron chi connectivity index (χ2n) is 6.63. The topological polar surface area (TPSA) is 37.4 Å². The van der Waals surface area contributed by atoms with E-state index in [0.29, 0.717) is 0 Å². The van der Waals surface area contributed by atoms with E-state index in [4.69, 9.17) is 9.73 Å².